The molecule has 0 saturated carbocycles. The number of nitrogens with zero attached hydrogens (tertiary/aromatic N) is 3. The van der Waals surface area contributed by atoms with Crippen molar-refractivity contribution in [1.29, 1.82) is 0 Å². The number of ether oxygens (including phenoxy) is 2. The van der Waals surface area contributed by atoms with E-state index in [0.29, 0.717) is 43.1 Å². The van der Waals surface area contributed by atoms with Gasteiger partial charge in [0.2, 0.25) is 5.95 Å². The predicted molar refractivity (Wildman–Crippen MR) is 151 cm³/mol. The van der Waals surface area contributed by atoms with Crippen LogP contribution in [0.15, 0.2) is 42.5 Å². The van der Waals surface area contributed by atoms with Crippen molar-refractivity contribution in [2.24, 2.45) is 0 Å². The van der Waals surface area contributed by atoms with Crippen LogP contribution in [0.2, 0.25) is 0 Å². The van der Waals surface area contributed by atoms with Crippen molar-refractivity contribution in [3.63, 3.8) is 0 Å². The number of methoxy groups -OCH3 is 1. The van der Waals surface area contributed by atoms with Gasteiger partial charge in [-0.25, -0.2) is 4.98 Å². The van der Waals surface area contributed by atoms with Crippen molar-refractivity contribution in [2.75, 3.05) is 45.4 Å². The van der Waals surface area contributed by atoms with E-state index in [4.69, 9.17) is 20.3 Å². The third-order valence-corrected chi connectivity index (χ3v) is 6.23. The maximum atomic E-state index is 11.0. The molecular weight excluding hydrogens is 498 g/mol. The molecule has 2 aromatic carbocycles. The van der Waals surface area contributed by atoms with Crippen molar-refractivity contribution >= 4 is 17.7 Å². The normalized spacial score (nSPS) is 11.8. The second-order valence-corrected chi connectivity index (χ2v) is 9.74. The lowest BCUT2D eigenvalue weighted by Crippen LogP contribution is -2.22. The van der Waals surface area contributed by atoms with E-state index in [1.165, 1.54) is 0 Å². The van der Waals surface area contributed by atoms with Crippen LogP contribution in [0, 0.1) is 6.92 Å². The van der Waals surface area contributed by atoms with E-state index in [9.17, 15) is 9.90 Å². The Balaban J connectivity index is 1.70. The molecule has 1 atom stereocenters. The number of nitrogen functional groups attached to an aromatic ring is 1. The van der Waals surface area contributed by atoms with Gasteiger partial charge in [0.25, 0.3) is 0 Å². The quantitative estimate of drug-likeness (QED) is 0.168. The van der Waals surface area contributed by atoms with Gasteiger partial charge in [0.05, 0.1) is 20.1 Å². The van der Waals surface area contributed by atoms with Gasteiger partial charge in [-0.1, -0.05) is 30.3 Å². The van der Waals surface area contributed by atoms with Crippen LogP contribution in [0.25, 0.3) is 0 Å². The zero-order chi connectivity index (χ0) is 28.4. The van der Waals surface area contributed by atoms with E-state index in [-0.39, 0.29) is 12.4 Å². The number of aliphatic hydroxyl groups excluding tert-OH is 1. The number of aliphatic hydroxyl groups is 1. The predicted octanol–water partition coefficient (Wildman–Crippen LogP) is 3.29. The van der Waals surface area contributed by atoms with E-state index in [2.05, 4.69) is 20.2 Å². The van der Waals surface area contributed by atoms with Crippen LogP contribution in [0.5, 0.6) is 11.5 Å². The molecular formula is C29H39N5O5. The number of carboxylic acids is 1. The van der Waals surface area contributed by atoms with Gasteiger partial charge in [0.15, 0.2) is 0 Å². The molecule has 10 heteroatoms. The molecule has 0 aliphatic rings. The third-order valence-electron chi connectivity index (χ3n) is 6.23. The molecule has 10 nitrogen and oxygen atoms in total. The number of carbonyl (C=O) groups is 1. The average Bonchev–Trinajstić information content (AvgIpc) is 2.87. The molecule has 0 fully saturated rings. The molecule has 0 radical (unpaired) electrons. The van der Waals surface area contributed by atoms with Gasteiger partial charge in [0.1, 0.15) is 23.5 Å². The summed E-state index contributed by atoms with van der Waals surface area (Å²) in [6.45, 7) is 3.42. The zero-order valence-electron chi connectivity index (χ0n) is 23.1. The summed E-state index contributed by atoms with van der Waals surface area (Å²) in [7, 11) is 5.69. The van der Waals surface area contributed by atoms with Gasteiger partial charge in [0, 0.05) is 30.3 Å². The molecule has 39 heavy (non-hydrogen) atoms. The lowest BCUT2D eigenvalue weighted by Gasteiger charge is -2.19. The minimum absolute atomic E-state index is 0.0372. The second-order valence-electron chi connectivity index (χ2n) is 9.74. The smallest absolute Gasteiger partial charge is 0.307 e. The molecule has 1 aromatic heterocycles. The molecule has 210 valence electrons. The summed E-state index contributed by atoms with van der Waals surface area (Å²) >= 11 is 0. The highest BCUT2D eigenvalue weighted by atomic mass is 16.5. The van der Waals surface area contributed by atoms with Gasteiger partial charge in [-0.3, -0.25) is 4.79 Å². The van der Waals surface area contributed by atoms with Crippen LogP contribution >= 0.6 is 0 Å². The van der Waals surface area contributed by atoms with E-state index >= 15 is 0 Å². The molecule has 0 aliphatic carbocycles. The molecule has 5 N–H and O–H groups in total. The number of rotatable bonds is 15. The lowest BCUT2D eigenvalue weighted by molar-refractivity contribution is -0.136. The first-order valence-corrected chi connectivity index (χ1v) is 13.0. The number of aromatic nitrogens is 2. The summed E-state index contributed by atoms with van der Waals surface area (Å²) in [6, 6.07) is 13.1. The number of aryl methyl sites for hydroxylation is 2. The van der Waals surface area contributed by atoms with Crippen molar-refractivity contribution in [3.8, 4) is 11.5 Å². The van der Waals surface area contributed by atoms with Crippen LogP contribution in [0.4, 0.5) is 11.8 Å². The molecule has 3 rings (SSSR count). The first-order chi connectivity index (χ1) is 18.6. The molecule has 3 aromatic rings. The number of hydrogen-bond donors (Lipinski definition) is 4. The van der Waals surface area contributed by atoms with Gasteiger partial charge >= 0.3 is 5.97 Å². The third kappa shape index (κ3) is 9.42. The van der Waals surface area contributed by atoms with Crippen LogP contribution in [0.3, 0.4) is 0 Å². The number of anilines is 2. The van der Waals surface area contributed by atoms with E-state index in [0.717, 1.165) is 41.0 Å². The number of benzene rings is 2. The summed E-state index contributed by atoms with van der Waals surface area (Å²) < 4.78 is 11.5. The first-order valence-electron chi connectivity index (χ1n) is 13.0. The van der Waals surface area contributed by atoms with Crippen molar-refractivity contribution in [1.82, 2.24) is 14.9 Å². The molecule has 0 spiro atoms. The van der Waals surface area contributed by atoms with Crippen LogP contribution < -0.4 is 20.5 Å². The second kappa shape index (κ2) is 14.3. The summed E-state index contributed by atoms with van der Waals surface area (Å²) in [5, 5.41) is 22.9. The monoisotopic (exact) mass is 537 g/mol. The molecule has 1 heterocycles. The van der Waals surface area contributed by atoms with Crippen molar-refractivity contribution in [3.05, 3.63) is 70.4 Å². The van der Waals surface area contributed by atoms with E-state index in [1.54, 1.807) is 13.2 Å². The fourth-order valence-electron chi connectivity index (χ4n) is 4.27. The number of aliphatic carboxylic acids is 1. The Morgan fingerprint density at radius 2 is 1.92 bits per heavy atom. The fraction of sp³-hybridized carbons (Fsp3) is 0.414. The van der Waals surface area contributed by atoms with Crippen molar-refractivity contribution < 1.29 is 24.5 Å². The number of nitrogens with two attached hydrogens (primary N) is 1. The highest BCUT2D eigenvalue weighted by Crippen LogP contribution is 2.30. The summed E-state index contributed by atoms with van der Waals surface area (Å²) in [5.74, 6) is 1.11. The first kappa shape index (κ1) is 29.7. The van der Waals surface area contributed by atoms with Crippen LogP contribution in [-0.2, 0) is 24.1 Å². The Labute approximate surface area is 229 Å². The molecule has 0 aliphatic heterocycles. The number of hydrogen-bond acceptors (Lipinski definition) is 9. The van der Waals surface area contributed by atoms with Gasteiger partial charge in [-0.2, -0.15) is 4.98 Å². The van der Waals surface area contributed by atoms with Gasteiger partial charge < -0.3 is 35.6 Å². The topological polar surface area (TPSA) is 143 Å². The Hall–Kier alpha value is -3.89. The fourth-order valence-corrected chi connectivity index (χ4v) is 4.27. The van der Waals surface area contributed by atoms with Crippen LogP contribution in [-0.4, -0.2) is 71.6 Å². The summed E-state index contributed by atoms with van der Waals surface area (Å²) in [6.07, 6.45) is 1.39. The van der Waals surface area contributed by atoms with Crippen LogP contribution in [0.1, 0.15) is 40.8 Å². The number of nitrogens with one attached hydrogen (secondary N) is 1. The standard InChI is InChI=1S/C29H39N5O5/c1-19-24(17-22-10-11-23(18-25(22)38-4)39-14-6-13-34(2)3)28(33-29(30)31-19)32-26(35)12-9-20-7-5-8-21(15-20)16-27(36)37/h5,7-8,10-11,15,18,26,35H,6,9,12-14,16-17H2,1-4H3,(H,36,37)(H3,30,31,32,33). The summed E-state index contributed by atoms with van der Waals surface area (Å²) in [4.78, 5) is 21.8. The Kier molecular flexibility index (Phi) is 10.9. The highest BCUT2D eigenvalue weighted by molar-refractivity contribution is 5.70. The molecule has 0 bridgehead atoms. The van der Waals surface area contributed by atoms with Gasteiger partial charge in [-0.05, 0) is 63.0 Å². The molecule has 0 saturated heterocycles. The minimum Gasteiger partial charge on any atom is -0.496 e. The number of carboxylic acid groups (broad SMARTS) is 1. The maximum Gasteiger partial charge on any atom is 0.307 e. The minimum atomic E-state index is -0.902. The molecule has 0 amide bonds. The highest BCUT2D eigenvalue weighted by Gasteiger charge is 2.17. The van der Waals surface area contributed by atoms with Gasteiger partial charge in [-0.15, -0.1) is 0 Å². The molecule has 1 unspecified atom stereocenters. The van der Waals surface area contributed by atoms with Crippen molar-refractivity contribution in [2.45, 2.75) is 45.3 Å². The lowest BCUT2D eigenvalue weighted by atomic mass is 10.0. The van der Waals surface area contributed by atoms with E-state index in [1.807, 2.05) is 57.4 Å². The Morgan fingerprint density at radius 3 is 2.64 bits per heavy atom. The maximum absolute atomic E-state index is 11.0. The summed E-state index contributed by atoms with van der Waals surface area (Å²) in [5.41, 5.74) is 10.0. The van der Waals surface area contributed by atoms with E-state index < -0.39 is 12.2 Å². The Morgan fingerprint density at radius 1 is 1.15 bits per heavy atom. The SMILES string of the molecule is COc1cc(OCCCN(C)C)ccc1Cc1c(C)nc(N)nc1NC(O)CCc1cccc(CC(=O)O)c1. The zero-order valence-corrected chi connectivity index (χ0v) is 23.1. The Bertz CT molecular complexity index is 1250. The average molecular weight is 538 g/mol. The largest absolute Gasteiger partial charge is 0.496 e.